The van der Waals surface area contributed by atoms with E-state index in [1.54, 1.807) is 7.11 Å². The minimum absolute atomic E-state index is 0.373. The number of methoxy groups -OCH3 is 1. The second-order valence-electron chi connectivity index (χ2n) is 8.13. The number of rotatable bonds is 8. The van der Waals surface area contributed by atoms with Gasteiger partial charge in [-0.1, -0.05) is 5.16 Å². The summed E-state index contributed by atoms with van der Waals surface area (Å²) in [6, 6.07) is 0. The van der Waals surface area contributed by atoms with E-state index in [1.165, 1.54) is 25.7 Å². The van der Waals surface area contributed by atoms with E-state index in [-0.39, 0.29) is 0 Å². The van der Waals surface area contributed by atoms with Gasteiger partial charge in [0.15, 0.2) is 17.5 Å². The Morgan fingerprint density at radius 1 is 1.19 bits per heavy atom. The summed E-state index contributed by atoms with van der Waals surface area (Å²) >= 11 is 0. The highest BCUT2D eigenvalue weighted by Crippen LogP contribution is 2.47. The number of nitrogens with zero attached hydrogens (tertiary/aromatic N) is 5. The molecule has 3 heterocycles. The van der Waals surface area contributed by atoms with E-state index >= 15 is 0 Å². The lowest BCUT2D eigenvalue weighted by Crippen LogP contribution is -2.20. The highest BCUT2D eigenvalue weighted by molar-refractivity contribution is 5.09. The van der Waals surface area contributed by atoms with Crippen molar-refractivity contribution in [2.75, 3.05) is 20.2 Å². The predicted molar refractivity (Wildman–Crippen MR) is 92.1 cm³/mol. The second kappa shape index (κ2) is 6.74. The van der Waals surface area contributed by atoms with Crippen LogP contribution in [0, 0.1) is 17.8 Å². The average Bonchev–Trinajstić information content (AvgIpc) is 3.50. The van der Waals surface area contributed by atoms with Gasteiger partial charge in [-0.3, -0.25) is 10.00 Å². The lowest BCUT2D eigenvalue weighted by atomic mass is 9.91. The Labute approximate surface area is 152 Å². The Kier molecular flexibility index (Phi) is 4.24. The quantitative estimate of drug-likeness (QED) is 0.770. The first-order valence-corrected chi connectivity index (χ1v) is 9.72. The van der Waals surface area contributed by atoms with Gasteiger partial charge in [0.05, 0.1) is 6.54 Å². The first-order valence-electron chi connectivity index (χ1n) is 9.72. The molecule has 0 amide bonds. The Balaban J connectivity index is 1.26. The van der Waals surface area contributed by atoms with Gasteiger partial charge in [-0.15, -0.1) is 0 Å². The van der Waals surface area contributed by atoms with Gasteiger partial charge >= 0.3 is 0 Å². The molecule has 3 aliphatic rings. The molecule has 0 spiro atoms. The van der Waals surface area contributed by atoms with Crippen molar-refractivity contribution in [3.05, 3.63) is 23.4 Å². The third-order valence-electron chi connectivity index (χ3n) is 5.87. The second-order valence-corrected chi connectivity index (χ2v) is 8.13. The van der Waals surface area contributed by atoms with Gasteiger partial charge in [0.2, 0.25) is 5.89 Å². The fraction of sp³-hybridized carbons (Fsp3) is 0.778. The molecule has 2 aromatic rings. The van der Waals surface area contributed by atoms with E-state index in [0.717, 1.165) is 61.3 Å². The van der Waals surface area contributed by atoms with E-state index < -0.39 is 0 Å². The van der Waals surface area contributed by atoms with Crippen molar-refractivity contribution in [3.63, 3.8) is 0 Å². The maximum atomic E-state index is 5.49. The Bertz CT molecular complexity index is 750. The molecule has 8 nitrogen and oxygen atoms in total. The third-order valence-corrected chi connectivity index (χ3v) is 5.87. The van der Waals surface area contributed by atoms with Crippen LogP contribution in [0.5, 0.6) is 0 Å². The molecule has 1 saturated heterocycles. The zero-order chi connectivity index (χ0) is 17.5. The molecule has 8 heteroatoms. The number of ether oxygens (including phenoxy) is 1. The third kappa shape index (κ3) is 3.53. The average molecular weight is 358 g/mol. The molecule has 5 rings (SSSR count). The summed E-state index contributed by atoms with van der Waals surface area (Å²) in [4.78, 5) is 11.7. The molecule has 2 atom stereocenters. The van der Waals surface area contributed by atoms with Gasteiger partial charge < -0.3 is 9.26 Å². The fourth-order valence-corrected chi connectivity index (χ4v) is 4.20. The normalized spacial score (nSPS) is 26.7. The largest absolute Gasteiger partial charge is 0.377 e. The van der Waals surface area contributed by atoms with Gasteiger partial charge in [0, 0.05) is 32.5 Å². The van der Waals surface area contributed by atoms with Crippen molar-refractivity contribution in [2.45, 2.75) is 51.2 Å². The summed E-state index contributed by atoms with van der Waals surface area (Å²) in [6.45, 7) is 3.21. The van der Waals surface area contributed by atoms with Crippen LogP contribution < -0.4 is 0 Å². The van der Waals surface area contributed by atoms with Crippen molar-refractivity contribution in [1.29, 1.82) is 0 Å². The highest BCUT2D eigenvalue weighted by atomic mass is 16.5. The number of hydrogen-bond donors (Lipinski definition) is 1. The molecule has 0 bridgehead atoms. The van der Waals surface area contributed by atoms with Crippen LogP contribution in [0.3, 0.4) is 0 Å². The highest BCUT2D eigenvalue weighted by Gasteiger charge is 2.44. The Hall–Kier alpha value is -1.80. The van der Waals surface area contributed by atoms with Gasteiger partial charge in [0.1, 0.15) is 6.61 Å². The first-order chi connectivity index (χ1) is 12.8. The standard InChI is InChI=1S/C18H26N6O2/c1-25-10-16-20-18(22-21-16)14-8-24(7-13(14)12-4-5-12)9-17-19-15(23-26-17)6-11-2-3-11/h11-14H,2-10H2,1H3,(H,20,21,22)/t13-,14+/m1/s1. The zero-order valence-corrected chi connectivity index (χ0v) is 15.2. The maximum absolute atomic E-state index is 5.49. The number of hydrogen-bond acceptors (Lipinski definition) is 7. The SMILES string of the molecule is COCc1nc([C@H]2CN(Cc3nc(CC4CC4)no3)C[C@@H]2C2CC2)n[nH]1. The molecule has 2 aliphatic carbocycles. The summed E-state index contributed by atoms with van der Waals surface area (Å²) in [6.07, 6.45) is 6.24. The van der Waals surface area contributed by atoms with Crippen molar-refractivity contribution in [1.82, 2.24) is 30.2 Å². The molecule has 2 saturated carbocycles. The summed E-state index contributed by atoms with van der Waals surface area (Å²) in [5.41, 5.74) is 0. The van der Waals surface area contributed by atoms with E-state index in [9.17, 15) is 0 Å². The van der Waals surface area contributed by atoms with Gasteiger partial charge in [0.25, 0.3) is 0 Å². The number of likely N-dealkylation sites (tertiary alicyclic amines) is 1. The Morgan fingerprint density at radius 2 is 2.08 bits per heavy atom. The number of H-pyrrole nitrogens is 1. The van der Waals surface area contributed by atoms with Crippen molar-refractivity contribution >= 4 is 0 Å². The summed E-state index contributed by atoms with van der Waals surface area (Å²) in [7, 11) is 1.67. The molecule has 0 unspecified atom stereocenters. The van der Waals surface area contributed by atoms with Gasteiger partial charge in [-0.05, 0) is 43.4 Å². The molecule has 26 heavy (non-hydrogen) atoms. The van der Waals surface area contributed by atoms with Crippen LogP contribution in [-0.4, -0.2) is 50.4 Å². The van der Waals surface area contributed by atoms with Crippen LogP contribution >= 0.6 is 0 Å². The molecule has 3 fully saturated rings. The van der Waals surface area contributed by atoms with Crippen LogP contribution in [-0.2, 0) is 24.3 Å². The maximum Gasteiger partial charge on any atom is 0.240 e. The van der Waals surface area contributed by atoms with Crippen LogP contribution in [0.1, 0.15) is 55.0 Å². The van der Waals surface area contributed by atoms with Gasteiger partial charge in [-0.25, -0.2) is 4.98 Å². The summed E-state index contributed by atoms with van der Waals surface area (Å²) < 4.78 is 10.6. The molecule has 1 aliphatic heterocycles. The Morgan fingerprint density at radius 3 is 2.85 bits per heavy atom. The monoisotopic (exact) mass is 358 g/mol. The minimum Gasteiger partial charge on any atom is -0.377 e. The van der Waals surface area contributed by atoms with E-state index in [2.05, 4.69) is 30.2 Å². The van der Waals surface area contributed by atoms with Crippen molar-refractivity contribution in [2.24, 2.45) is 17.8 Å². The van der Waals surface area contributed by atoms with Crippen LogP contribution in [0.4, 0.5) is 0 Å². The molecule has 2 aromatic heterocycles. The summed E-state index contributed by atoms with van der Waals surface area (Å²) in [5, 5.41) is 11.6. The number of nitrogens with one attached hydrogen (secondary N) is 1. The first kappa shape index (κ1) is 16.4. The smallest absolute Gasteiger partial charge is 0.240 e. The lowest BCUT2D eigenvalue weighted by molar-refractivity contribution is 0.178. The topological polar surface area (TPSA) is 93.0 Å². The molecule has 0 aromatic carbocycles. The van der Waals surface area contributed by atoms with Crippen LogP contribution in [0.25, 0.3) is 0 Å². The minimum atomic E-state index is 0.373. The van der Waals surface area contributed by atoms with E-state index in [0.29, 0.717) is 18.4 Å². The van der Waals surface area contributed by atoms with E-state index in [4.69, 9.17) is 9.26 Å². The molecule has 1 N–H and O–H groups in total. The lowest BCUT2D eigenvalue weighted by Gasteiger charge is -2.14. The predicted octanol–water partition coefficient (Wildman–Crippen LogP) is 1.91. The fourth-order valence-electron chi connectivity index (χ4n) is 4.20. The molecular weight excluding hydrogens is 332 g/mol. The van der Waals surface area contributed by atoms with Crippen molar-refractivity contribution < 1.29 is 9.26 Å². The van der Waals surface area contributed by atoms with Gasteiger partial charge in [-0.2, -0.15) is 10.1 Å². The summed E-state index contributed by atoms with van der Waals surface area (Å²) in [5.74, 6) is 5.92. The zero-order valence-electron chi connectivity index (χ0n) is 15.2. The van der Waals surface area contributed by atoms with E-state index in [1.807, 2.05) is 0 Å². The molecule has 140 valence electrons. The van der Waals surface area contributed by atoms with Crippen LogP contribution in [0.2, 0.25) is 0 Å². The van der Waals surface area contributed by atoms with Crippen molar-refractivity contribution in [3.8, 4) is 0 Å². The number of aromatic nitrogens is 5. The molecule has 0 radical (unpaired) electrons. The number of aromatic amines is 1. The van der Waals surface area contributed by atoms with Crippen LogP contribution in [0.15, 0.2) is 4.52 Å². The molecular formula is C18H26N6O2.